The molecule has 0 aliphatic heterocycles. The maximum atomic E-state index is 11.1. The fourth-order valence-corrected chi connectivity index (χ4v) is 2.38. The molecule has 0 atom stereocenters. The number of aromatic carboxylic acids is 1. The third kappa shape index (κ3) is 3.65. The standard InChI is InChI=1S/C15H13Cl2NO2/c16-11-6-5-10(13(17)9-11)7-8-18-14-4-2-1-3-12(14)15(19)20/h1-6,9,18H,7-8H2,(H,19,20). The normalized spacial score (nSPS) is 10.3. The lowest BCUT2D eigenvalue weighted by atomic mass is 10.1. The van der Waals surface area contributed by atoms with Crippen molar-refractivity contribution in [2.45, 2.75) is 6.42 Å². The Kier molecular flexibility index (Phi) is 4.88. The molecule has 20 heavy (non-hydrogen) atoms. The van der Waals surface area contributed by atoms with E-state index in [0.29, 0.717) is 28.7 Å². The molecule has 0 aliphatic carbocycles. The molecule has 0 unspecified atom stereocenters. The van der Waals surface area contributed by atoms with Crippen molar-refractivity contribution in [3.63, 3.8) is 0 Å². The highest BCUT2D eigenvalue weighted by molar-refractivity contribution is 6.35. The van der Waals surface area contributed by atoms with Crippen LogP contribution in [0.3, 0.4) is 0 Å². The summed E-state index contributed by atoms with van der Waals surface area (Å²) in [6.45, 7) is 0.589. The van der Waals surface area contributed by atoms with Crippen molar-refractivity contribution in [1.29, 1.82) is 0 Å². The van der Waals surface area contributed by atoms with Gasteiger partial charge in [0, 0.05) is 22.3 Å². The molecule has 2 aromatic rings. The second-order valence-corrected chi connectivity index (χ2v) is 5.11. The average molecular weight is 310 g/mol. The second-order valence-electron chi connectivity index (χ2n) is 4.26. The molecule has 2 aromatic carbocycles. The highest BCUT2D eigenvalue weighted by Gasteiger charge is 2.08. The van der Waals surface area contributed by atoms with Crippen LogP contribution in [-0.4, -0.2) is 17.6 Å². The Hall–Kier alpha value is -1.71. The predicted octanol–water partition coefficient (Wildman–Crippen LogP) is 4.35. The lowest BCUT2D eigenvalue weighted by molar-refractivity contribution is 0.0698. The lowest BCUT2D eigenvalue weighted by Gasteiger charge is -2.10. The molecule has 5 heteroatoms. The lowest BCUT2D eigenvalue weighted by Crippen LogP contribution is -2.09. The Morgan fingerprint density at radius 3 is 2.60 bits per heavy atom. The summed E-state index contributed by atoms with van der Waals surface area (Å²) < 4.78 is 0. The van der Waals surface area contributed by atoms with Crippen LogP contribution in [0.2, 0.25) is 10.0 Å². The summed E-state index contributed by atoms with van der Waals surface area (Å²) in [7, 11) is 0. The molecular weight excluding hydrogens is 297 g/mol. The van der Waals surface area contributed by atoms with Crippen LogP contribution in [0.1, 0.15) is 15.9 Å². The number of carboxylic acid groups (broad SMARTS) is 1. The van der Waals surface area contributed by atoms with Crippen LogP contribution in [0.15, 0.2) is 42.5 Å². The van der Waals surface area contributed by atoms with Gasteiger partial charge in [0.1, 0.15) is 0 Å². The van der Waals surface area contributed by atoms with E-state index in [1.165, 1.54) is 0 Å². The fraction of sp³-hybridized carbons (Fsp3) is 0.133. The minimum Gasteiger partial charge on any atom is -0.478 e. The molecule has 0 fully saturated rings. The summed E-state index contributed by atoms with van der Waals surface area (Å²) in [6.07, 6.45) is 0.684. The van der Waals surface area contributed by atoms with E-state index in [4.69, 9.17) is 28.3 Å². The van der Waals surface area contributed by atoms with Crippen molar-refractivity contribution in [2.75, 3.05) is 11.9 Å². The Bertz CT molecular complexity index is 629. The average Bonchev–Trinajstić information content (AvgIpc) is 2.41. The molecule has 0 saturated carbocycles. The molecule has 0 amide bonds. The molecule has 0 saturated heterocycles. The number of nitrogens with one attached hydrogen (secondary N) is 1. The zero-order chi connectivity index (χ0) is 14.5. The van der Waals surface area contributed by atoms with Crippen molar-refractivity contribution in [3.05, 3.63) is 63.6 Å². The number of anilines is 1. The predicted molar refractivity (Wildman–Crippen MR) is 82.1 cm³/mol. The van der Waals surface area contributed by atoms with Crippen LogP contribution in [0.5, 0.6) is 0 Å². The summed E-state index contributed by atoms with van der Waals surface area (Å²) in [5.41, 5.74) is 1.83. The van der Waals surface area contributed by atoms with Gasteiger partial charge in [0.15, 0.2) is 0 Å². The largest absolute Gasteiger partial charge is 0.478 e. The zero-order valence-corrected chi connectivity index (χ0v) is 12.1. The van der Waals surface area contributed by atoms with Crippen molar-refractivity contribution >= 4 is 34.9 Å². The molecule has 0 aromatic heterocycles. The SMILES string of the molecule is O=C(O)c1ccccc1NCCc1ccc(Cl)cc1Cl. The van der Waals surface area contributed by atoms with Crippen LogP contribution in [0, 0.1) is 0 Å². The monoisotopic (exact) mass is 309 g/mol. The van der Waals surface area contributed by atoms with Crippen molar-refractivity contribution in [1.82, 2.24) is 0 Å². The molecule has 0 heterocycles. The first kappa shape index (κ1) is 14.7. The van der Waals surface area contributed by atoms with E-state index in [-0.39, 0.29) is 5.56 Å². The van der Waals surface area contributed by atoms with Gasteiger partial charge in [0.2, 0.25) is 0 Å². The van der Waals surface area contributed by atoms with Crippen LogP contribution >= 0.6 is 23.2 Å². The van der Waals surface area contributed by atoms with Crippen LogP contribution in [0.4, 0.5) is 5.69 Å². The smallest absolute Gasteiger partial charge is 0.337 e. The number of hydrogen-bond donors (Lipinski definition) is 2. The van der Waals surface area contributed by atoms with Gasteiger partial charge in [-0.2, -0.15) is 0 Å². The number of carboxylic acids is 1. The van der Waals surface area contributed by atoms with E-state index in [1.807, 2.05) is 6.07 Å². The first-order valence-corrected chi connectivity index (χ1v) is 6.83. The Balaban J connectivity index is 2.01. The molecule has 0 bridgehead atoms. The highest BCUT2D eigenvalue weighted by Crippen LogP contribution is 2.22. The van der Waals surface area contributed by atoms with Gasteiger partial charge in [-0.1, -0.05) is 41.4 Å². The zero-order valence-electron chi connectivity index (χ0n) is 10.6. The molecule has 2 rings (SSSR count). The maximum Gasteiger partial charge on any atom is 0.337 e. The molecular formula is C15H13Cl2NO2. The number of carbonyl (C=O) groups is 1. The topological polar surface area (TPSA) is 49.3 Å². The first-order valence-electron chi connectivity index (χ1n) is 6.08. The summed E-state index contributed by atoms with van der Waals surface area (Å²) in [4.78, 5) is 11.1. The van der Waals surface area contributed by atoms with Crippen molar-refractivity contribution in [3.8, 4) is 0 Å². The Labute approximate surface area is 127 Å². The van der Waals surface area contributed by atoms with Crippen molar-refractivity contribution < 1.29 is 9.90 Å². The number of benzene rings is 2. The summed E-state index contributed by atoms with van der Waals surface area (Å²) in [5.74, 6) is -0.947. The number of para-hydroxylation sites is 1. The first-order chi connectivity index (χ1) is 9.58. The van der Waals surface area contributed by atoms with Gasteiger partial charge in [-0.15, -0.1) is 0 Å². The third-order valence-electron chi connectivity index (χ3n) is 2.88. The van der Waals surface area contributed by atoms with E-state index >= 15 is 0 Å². The third-order valence-corrected chi connectivity index (χ3v) is 3.47. The molecule has 0 spiro atoms. The summed E-state index contributed by atoms with van der Waals surface area (Å²) >= 11 is 11.9. The maximum absolute atomic E-state index is 11.1. The number of hydrogen-bond acceptors (Lipinski definition) is 2. The van der Waals surface area contributed by atoms with Crippen LogP contribution in [-0.2, 0) is 6.42 Å². The molecule has 3 nitrogen and oxygen atoms in total. The van der Waals surface area contributed by atoms with Crippen LogP contribution in [0.25, 0.3) is 0 Å². The van der Waals surface area contributed by atoms with Gasteiger partial charge in [-0.05, 0) is 36.2 Å². The summed E-state index contributed by atoms with van der Waals surface area (Å²) in [6, 6.07) is 12.2. The number of halogens is 2. The minimum absolute atomic E-state index is 0.259. The van der Waals surface area contributed by atoms with Crippen molar-refractivity contribution in [2.24, 2.45) is 0 Å². The van der Waals surface area contributed by atoms with E-state index < -0.39 is 5.97 Å². The number of rotatable bonds is 5. The van der Waals surface area contributed by atoms with Gasteiger partial charge in [0.25, 0.3) is 0 Å². The van der Waals surface area contributed by atoms with Gasteiger partial charge < -0.3 is 10.4 Å². The molecule has 0 radical (unpaired) electrons. The Morgan fingerprint density at radius 1 is 1.15 bits per heavy atom. The van der Waals surface area contributed by atoms with Gasteiger partial charge >= 0.3 is 5.97 Å². The van der Waals surface area contributed by atoms with Gasteiger partial charge in [-0.25, -0.2) is 4.79 Å². The highest BCUT2D eigenvalue weighted by atomic mass is 35.5. The van der Waals surface area contributed by atoms with E-state index in [2.05, 4.69) is 5.32 Å². The minimum atomic E-state index is -0.947. The molecule has 2 N–H and O–H groups in total. The van der Waals surface area contributed by atoms with Gasteiger partial charge in [-0.3, -0.25) is 0 Å². The van der Waals surface area contributed by atoms with E-state index in [1.54, 1.807) is 36.4 Å². The van der Waals surface area contributed by atoms with Crippen LogP contribution < -0.4 is 5.32 Å². The molecule has 0 aliphatic rings. The molecule has 104 valence electrons. The van der Waals surface area contributed by atoms with E-state index in [9.17, 15) is 4.79 Å². The second kappa shape index (κ2) is 6.64. The summed E-state index contributed by atoms with van der Waals surface area (Å²) in [5, 5.41) is 13.4. The fourth-order valence-electron chi connectivity index (χ4n) is 1.88. The van der Waals surface area contributed by atoms with E-state index in [0.717, 1.165) is 5.56 Å². The quantitative estimate of drug-likeness (QED) is 0.863. The Morgan fingerprint density at radius 2 is 1.90 bits per heavy atom. The van der Waals surface area contributed by atoms with Gasteiger partial charge in [0.05, 0.1) is 5.56 Å².